The highest BCUT2D eigenvalue weighted by Gasteiger charge is 2.29. The second kappa shape index (κ2) is 18.4. The second-order valence-electron chi connectivity index (χ2n) is 12.4. The van der Waals surface area contributed by atoms with Gasteiger partial charge in [0.1, 0.15) is 16.9 Å². The van der Waals surface area contributed by atoms with Crippen LogP contribution in [0.1, 0.15) is 58.0 Å². The maximum Gasteiger partial charge on any atom is 0.306 e. The van der Waals surface area contributed by atoms with E-state index in [2.05, 4.69) is 41.8 Å². The molecule has 5 rings (SSSR count). The van der Waals surface area contributed by atoms with Crippen molar-refractivity contribution in [2.75, 3.05) is 25.5 Å². The molecule has 0 saturated heterocycles. The molecule has 1 aliphatic rings. The number of aliphatic hydroxyl groups is 2. The van der Waals surface area contributed by atoms with Crippen molar-refractivity contribution in [3.05, 3.63) is 98.1 Å². The maximum absolute atomic E-state index is 13.4. The number of carbonyl (C=O) groups excluding carboxylic acids is 1. The lowest BCUT2D eigenvalue weighted by Gasteiger charge is -2.18. The molecule has 0 unspecified atom stereocenters. The first-order valence-electron chi connectivity index (χ1n) is 16.7. The Bertz CT molecular complexity index is 1950. The highest BCUT2D eigenvalue weighted by Crippen LogP contribution is 2.43. The van der Waals surface area contributed by atoms with E-state index in [9.17, 15) is 24.6 Å². The molecular formula is C37H39BrClN5O9. The number of halogens is 2. The normalized spacial score (nSPS) is 14.6. The fraction of sp³-hybridized carbons (Fsp3) is 0.324. The zero-order chi connectivity index (χ0) is 38.1. The minimum Gasteiger partial charge on any atom is -0.481 e. The lowest BCUT2D eigenvalue weighted by atomic mass is 9.95. The standard InChI is InChI=1S/C37H39BrClN5O9/c1-52-36-21(17-41-19-23(46)14-33(49)50)12-29(39)37(44-36)53-30-10-9-25-24(4-2-5-26(25)30)27-6-3-7-28(34(27)38)35(51)43-31-11-8-20(16-42-31)15-40-18-22(45)13-32(47)48/h2-8,11-12,16,22-23,30,40-41,45-46H,9-10,13-15,17-19H2,1H3,(H,47,48)(H,49,50)(H,42,43,51)/t22-,23-,30-/m0/s1. The molecular weight excluding hydrogens is 774 g/mol. The summed E-state index contributed by atoms with van der Waals surface area (Å²) in [7, 11) is 1.47. The molecule has 2 heterocycles. The number of hydrogen-bond donors (Lipinski definition) is 7. The molecule has 0 bridgehead atoms. The molecule has 0 aliphatic heterocycles. The van der Waals surface area contributed by atoms with Crippen LogP contribution in [0.5, 0.6) is 11.8 Å². The van der Waals surface area contributed by atoms with Gasteiger partial charge in [-0.2, -0.15) is 4.98 Å². The summed E-state index contributed by atoms with van der Waals surface area (Å²) in [5.74, 6) is -1.68. The summed E-state index contributed by atoms with van der Waals surface area (Å²) in [5.41, 5.74) is 5.64. The van der Waals surface area contributed by atoms with Gasteiger partial charge in [0.05, 0.1) is 37.7 Å². The van der Waals surface area contributed by atoms with Gasteiger partial charge in [-0.25, -0.2) is 4.98 Å². The summed E-state index contributed by atoms with van der Waals surface area (Å²) < 4.78 is 12.4. The van der Waals surface area contributed by atoms with E-state index >= 15 is 0 Å². The third kappa shape index (κ3) is 10.5. The van der Waals surface area contributed by atoms with Gasteiger partial charge in [0.25, 0.3) is 5.91 Å². The summed E-state index contributed by atoms with van der Waals surface area (Å²) in [6.45, 7) is 0.786. The summed E-state index contributed by atoms with van der Waals surface area (Å²) in [4.78, 5) is 43.8. The highest BCUT2D eigenvalue weighted by molar-refractivity contribution is 9.10. The number of amides is 1. The monoisotopic (exact) mass is 811 g/mol. The predicted molar refractivity (Wildman–Crippen MR) is 199 cm³/mol. The van der Waals surface area contributed by atoms with E-state index in [1.807, 2.05) is 30.3 Å². The number of aliphatic carboxylic acids is 2. The Morgan fingerprint density at radius 3 is 2.28 bits per heavy atom. The zero-order valence-electron chi connectivity index (χ0n) is 28.6. The largest absolute Gasteiger partial charge is 0.481 e. The molecule has 7 N–H and O–H groups in total. The molecule has 16 heteroatoms. The third-order valence-corrected chi connectivity index (χ3v) is 9.60. The molecule has 0 radical (unpaired) electrons. The predicted octanol–water partition coefficient (Wildman–Crippen LogP) is 4.74. The van der Waals surface area contributed by atoms with Crippen LogP contribution in [0.4, 0.5) is 5.82 Å². The summed E-state index contributed by atoms with van der Waals surface area (Å²) >= 11 is 10.3. The topological polar surface area (TPSA) is 212 Å². The number of rotatable bonds is 18. The SMILES string of the molecule is COc1nc(O[C@H]2CCc3c(-c4cccc(C(=O)Nc5ccc(CNC[C@@H](O)CC(=O)O)cn5)c4Br)cccc32)c(Cl)cc1CNC[C@@H](O)CC(=O)O. The van der Waals surface area contributed by atoms with Crippen molar-refractivity contribution < 1.29 is 44.3 Å². The molecule has 280 valence electrons. The van der Waals surface area contributed by atoms with Gasteiger partial charge in [-0.15, -0.1) is 0 Å². The summed E-state index contributed by atoms with van der Waals surface area (Å²) in [6.07, 6.45) is -0.152. The molecule has 0 spiro atoms. The van der Waals surface area contributed by atoms with Crippen LogP contribution >= 0.6 is 27.5 Å². The van der Waals surface area contributed by atoms with Crippen LogP contribution in [0.2, 0.25) is 5.02 Å². The number of ether oxygens (including phenoxy) is 2. The third-order valence-electron chi connectivity index (χ3n) is 8.47. The Morgan fingerprint density at radius 2 is 1.62 bits per heavy atom. The Morgan fingerprint density at radius 1 is 0.943 bits per heavy atom. The van der Waals surface area contributed by atoms with E-state index in [0.717, 1.165) is 27.8 Å². The first-order valence-corrected chi connectivity index (χ1v) is 17.9. The molecule has 2 aromatic carbocycles. The second-order valence-corrected chi connectivity index (χ2v) is 13.6. The van der Waals surface area contributed by atoms with Gasteiger partial charge in [0.2, 0.25) is 11.8 Å². The van der Waals surface area contributed by atoms with Crippen molar-refractivity contribution in [3.8, 4) is 22.9 Å². The van der Waals surface area contributed by atoms with Gasteiger partial charge in [0.15, 0.2) is 0 Å². The number of anilines is 1. The van der Waals surface area contributed by atoms with Crippen LogP contribution in [0.25, 0.3) is 11.1 Å². The number of pyridine rings is 2. The van der Waals surface area contributed by atoms with Crippen molar-refractivity contribution >= 4 is 51.2 Å². The van der Waals surface area contributed by atoms with E-state index in [1.165, 1.54) is 7.11 Å². The number of carboxylic acid groups (broad SMARTS) is 2. The quantitative estimate of drug-likeness (QED) is 0.0725. The van der Waals surface area contributed by atoms with Gasteiger partial charge in [-0.05, 0) is 74.8 Å². The van der Waals surface area contributed by atoms with Crippen LogP contribution in [-0.4, -0.2) is 80.6 Å². The van der Waals surface area contributed by atoms with E-state index in [0.29, 0.717) is 40.8 Å². The van der Waals surface area contributed by atoms with Gasteiger partial charge in [-0.3, -0.25) is 14.4 Å². The lowest BCUT2D eigenvalue weighted by molar-refractivity contribution is -0.140. The van der Waals surface area contributed by atoms with Crippen molar-refractivity contribution in [3.63, 3.8) is 0 Å². The fourth-order valence-electron chi connectivity index (χ4n) is 6.01. The van der Waals surface area contributed by atoms with Crippen molar-refractivity contribution in [1.82, 2.24) is 20.6 Å². The van der Waals surface area contributed by atoms with Crippen molar-refractivity contribution in [2.24, 2.45) is 0 Å². The number of nitrogens with one attached hydrogen (secondary N) is 3. The van der Waals surface area contributed by atoms with E-state index in [4.69, 9.17) is 31.3 Å². The molecule has 3 atom stereocenters. The van der Waals surface area contributed by atoms with Crippen LogP contribution < -0.4 is 25.4 Å². The summed E-state index contributed by atoms with van der Waals surface area (Å²) in [6, 6.07) is 16.5. The van der Waals surface area contributed by atoms with Gasteiger partial charge >= 0.3 is 11.9 Å². The number of benzene rings is 2. The average molecular weight is 813 g/mol. The van der Waals surface area contributed by atoms with Gasteiger partial charge in [-0.1, -0.05) is 48.0 Å². The Balaban J connectivity index is 1.25. The Labute approximate surface area is 318 Å². The minimum absolute atomic E-state index is 0.0633. The molecule has 2 aromatic heterocycles. The molecule has 14 nitrogen and oxygen atoms in total. The van der Waals surface area contributed by atoms with Crippen molar-refractivity contribution in [1.29, 1.82) is 0 Å². The first kappa shape index (κ1) is 39.6. The van der Waals surface area contributed by atoms with E-state index in [1.54, 1.807) is 30.5 Å². The van der Waals surface area contributed by atoms with E-state index < -0.39 is 24.1 Å². The van der Waals surface area contributed by atoms with Gasteiger partial charge in [0, 0.05) is 42.4 Å². The molecule has 0 saturated carbocycles. The highest BCUT2D eigenvalue weighted by atomic mass is 79.9. The number of carboxylic acids is 2. The number of fused-ring (bicyclic) bond motifs is 1. The van der Waals surface area contributed by atoms with Crippen LogP contribution in [0.3, 0.4) is 0 Å². The van der Waals surface area contributed by atoms with Crippen LogP contribution in [0, 0.1) is 0 Å². The first-order chi connectivity index (χ1) is 25.4. The summed E-state index contributed by atoms with van der Waals surface area (Å²) in [5, 5.41) is 46.3. The number of hydrogen-bond acceptors (Lipinski definition) is 11. The molecule has 4 aromatic rings. The minimum atomic E-state index is -1.09. The number of nitrogens with zero attached hydrogens (tertiary/aromatic N) is 2. The smallest absolute Gasteiger partial charge is 0.306 e. The number of carbonyl (C=O) groups is 3. The average Bonchev–Trinajstić information content (AvgIpc) is 3.52. The zero-order valence-corrected chi connectivity index (χ0v) is 31.0. The Hall–Kier alpha value is -4.64. The lowest BCUT2D eigenvalue weighted by Crippen LogP contribution is -2.28. The van der Waals surface area contributed by atoms with Crippen LogP contribution in [-0.2, 0) is 29.1 Å². The molecule has 1 amide bonds. The number of aromatic nitrogens is 2. The van der Waals surface area contributed by atoms with E-state index in [-0.39, 0.29) is 61.3 Å². The van der Waals surface area contributed by atoms with Crippen LogP contribution in [0.15, 0.2) is 65.3 Å². The molecule has 1 aliphatic carbocycles. The molecule has 53 heavy (non-hydrogen) atoms. The number of aliphatic hydroxyl groups excluding tert-OH is 2. The fourth-order valence-corrected chi connectivity index (χ4v) is 6.89. The molecule has 0 fully saturated rings. The van der Waals surface area contributed by atoms with Crippen molar-refractivity contribution in [2.45, 2.75) is 57.1 Å². The Kier molecular flexibility index (Phi) is 13.7. The number of methoxy groups -OCH3 is 1. The maximum atomic E-state index is 13.4. The van der Waals surface area contributed by atoms with Gasteiger partial charge < -0.3 is 45.9 Å².